The summed E-state index contributed by atoms with van der Waals surface area (Å²) in [5.41, 5.74) is 9.79. The summed E-state index contributed by atoms with van der Waals surface area (Å²) >= 11 is 0. The van der Waals surface area contributed by atoms with Gasteiger partial charge in [-0.2, -0.15) is 0 Å². The molecule has 1 aliphatic heterocycles. The zero-order valence-corrected chi connectivity index (χ0v) is 19.6. The van der Waals surface area contributed by atoms with Gasteiger partial charge in [0.15, 0.2) is 0 Å². The molecule has 1 saturated heterocycles. The number of nitrogen functional groups attached to an aromatic ring is 1. The summed E-state index contributed by atoms with van der Waals surface area (Å²) in [5.74, 6) is 1.21. The minimum Gasteiger partial charge on any atom is -0.496 e. The molecule has 7 nitrogen and oxygen atoms in total. The molecule has 5 rings (SSSR count). The van der Waals surface area contributed by atoms with E-state index >= 15 is 0 Å². The Morgan fingerprint density at radius 3 is 2.56 bits per heavy atom. The summed E-state index contributed by atoms with van der Waals surface area (Å²) in [7, 11) is 1.53. The summed E-state index contributed by atoms with van der Waals surface area (Å²) in [5, 5.41) is 4.09. The zero-order chi connectivity index (χ0) is 23.7. The number of carbonyl (C=O) groups is 2. The Hall–Kier alpha value is -3.48. The van der Waals surface area contributed by atoms with Gasteiger partial charge < -0.3 is 25.7 Å². The molecule has 0 bridgehead atoms. The van der Waals surface area contributed by atoms with Gasteiger partial charge in [0.2, 0.25) is 5.91 Å². The number of H-pyrrole nitrogens is 1. The minimum absolute atomic E-state index is 0.245. The molecule has 2 fully saturated rings. The zero-order valence-electron chi connectivity index (χ0n) is 19.6. The van der Waals surface area contributed by atoms with Gasteiger partial charge >= 0.3 is 0 Å². The Bertz CT molecular complexity index is 1200. The van der Waals surface area contributed by atoms with Crippen LogP contribution in [0.4, 0.5) is 11.4 Å². The Balaban J connectivity index is 1.30. The molecule has 1 aliphatic carbocycles. The minimum atomic E-state index is -0.265. The number of methoxy groups -OCH3 is 1. The Morgan fingerprint density at radius 1 is 1.06 bits per heavy atom. The second-order valence-corrected chi connectivity index (χ2v) is 9.50. The summed E-state index contributed by atoms with van der Waals surface area (Å²) in [6.07, 6.45) is 8.48. The molecule has 1 saturated carbocycles. The van der Waals surface area contributed by atoms with Gasteiger partial charge in [-0.3, -0.25) is 9.59 Å². The summed E-state index contributed by atoms with van der Waals surface area (Å²) in [4.78, 5) is 31.2. The summed E-state index contributed by atoms with van der Waals surface area (Å²) in [6, 6.07) is 10.9. The lowest BCUT2D eigenvalue weighted by atomic mass is 9.88. The molecule has 0 unspecified atom stereocenters. The molecule has 0 spiro atoms. The first kappa shape index (κ1) is 22.3. The van der Waals surface area contributed by atoms with E-state index in [0.29, 0.717) is 28.8 Å². The highest BCUT2D eigenvalue weighted by Crippen LogP contribution is 2.36. The van der Waals surface area contributed by atoms with Gasteiger partial charge in [-0.05, 0) is 73.6 Å². The molecule has 2 aromatic carbocycles. The highest BCUT2D eigenvalue weighted by atomic mass is 16.5. The van der Waals surface area contributed by atoms with E-state index in [0.717, 1.165) is 55.4 Å². The predicted molar refractivity (Wildman–Crippen MR) is 134 cm³/mol. The van der Waals surface area contributed by atoms with E-state index in [9.17, 15) is 9.59 Å². The van der Waals surface area contributed by atoms with E-state index in [4.69, 9.17) is 10.5 Å². The highest BCUT2D eigenvalue weighted by molar-refractivity contribution is 6.07. The van der Waals surface area contributed by atoms with Crippen molar-refractivity contribution in [2.24, 2.45) is 5.92 Å². The normalized spacial score (nSPS) is 17.3. The van der Waals surface area contributed by atoms with Gasteiger partial charge in [-0.1, -0.05) is 12.8 Å². The number of nitrogens with one attached hydrogen (secondary N) is 2. The van der Waals surface area contributed by atoms with Crippen molar-refractivity contribution in [1.29, 1.82) is 0 Å². The Morgan fingerprint density at radius 2 is 1.82 bits per heavy atom. The number of rotatable bonds is 5. The molecule has 7 heteroatoms. The predicted octanol–water partition coefficient (Wildman–Crippen LogP) is 4.91. The van der Waals surface area contributed by atoms with E-state index in [1.807, 2.05) is 18.2 Å². The van der Waals surface area contributed by atoms with Crippen molar-refractivity contribution >= 4 is 34.1 Å². The topological polar surface area (TPSA) is 100 Å². The molecule has 1 aromatic heterocycles. The molecule has 0 atom stereocenters. The van der Waals surface area contributed by atoms with Gasteiger partial charge in [-0.25, -0.2) is 0 Å². The first-order valence-electron chi connectivity index (χ1n) is 12.2. The summed E-state index contributed by atoms with van der Waals surface area (Å²) < 4.78 is 5.32. The number of hydrogen-bond acceptors (Lipinski definition) is 4. The molecular formula is C27H32N4O3. The maximum atomic E-state index is 12.9. The van der Waals surface area contributed by atoms with Crippen molar-refractivity contribution in [3.8, 4) is 5.75 Å². The van der Waals surface area contributed by atoms with Crippen LogP contribution in [-0.4, -0.2) is 41.9 Å². The SMILES string of the molecule is COc1ccc(N)cc1C(=O)Nc1ccc2[nH]cc(C3CCN(C(=O)C4CCCC4)CC3)c2c1. The lowest BCUT2D eigenvalue weighted by Gasteiger charge is -2.33. The first-order chi connectivity index (χ1) is 16.5. The average Bonchev–Trinajstić information content (AvgIpc) is 3.54. The van der Waals surface area contributed by atoms with Crippen LogP contribution in [0.3, 0.4) is 0 Å². The van der Waals surface area contributed by atoms with Crippen molar-refractivity contribution in [2.45, 2.75) is 44.4 Å². The number of aromatic amines is 1. The maximum Gasteiger partial charge on any atom is 0.259 e. The number of fused-ring (bicyclic) bond motifs is 1. The molecule has 2 aliphatic rings. The van der Waals surface area contributed by atoms with Crippen LogP contribution in [0.2, 0.25) is 0 Å². The number of nitrogens with two attached hydrogens (primary N) is 1. The monoisotopic (exact) mass is 460 g/mol. The molecule has 0 radical (unpaired) electrons. The number of hydrogen-bond donors (Lipinski definition) is 3. The van der Waals surface area contributed by atoms with Crippen LogP contribution in [0, 0.1) is 5.92 Å². The molecular weight excluding hydrogens is 428 g/mol. The van der Waals surface area contributed by atoms with E-state index in [1.54, 1.807) is 18.2 Å². The third-order valence-corrected chi connectivity index (χ3v) is 7.39. The highest BCUT2D eigenvalue weighted by Gasteiger charge is 2.31. The van der Waals surface area contributed by atoms with Crippen molar-refractivity contribution in [3.05, 3.63) is 53.7 Å². The number of benzene rings is 2. The van der Waals surface area contributed by atoms with Crippen molar-refractivity contribution in [3.63, 3.8) is 0 Å². The summed E-state index contributed by atoms with van der Waals surface area (Å²) in [6.45, 7) is 1.64. The van der Waals surface area contributed by atoms with Gasteiger partial charge in [-0.15, -0.1) is 0 Å². The van der Waals surface area contributed by atoms with E-state index in [2.05, 4.69) is 21.4 Å². The number of amides is 2. The van der Waals surface area contributed by atoms with Crippen LogP contribution in [0.15, 0.2) is 42.6 Å². The van der Waals surface area contributed by atoms with Crippen LogP contribution < -0.4 is 15.8 Å². The number of aromatic nitrogens is 1. The van der Waals surface area contributed by atoms with E-state index < -0.39 is 0 Å². The number of likely N-dealkylation sites (tertiary alicyclic amines) is 1. The number of ether oxygens (including phenoxy) is 1. The molecule has 2 amide bonds. The third-order valence-electron chi connectivity index (χ3n) is 7.39. The van der Waals surface area contributed by atoms with E-state index in [1.165, 1.54) is 25.5 Å². The fourth-order valence-corrected chi connectivity index (χ4v) is 5.50. The maximum absolute atomic E-state index is 12.9. The second-order valence-electron chi connectivity index (χ2n) is 9.50. The molecule has 2 heterocycles. The van der Waals surface area contributed by atoms with Gasteiger partial charge in [0, 0.05) is 47.5 Å². The van der Waals surface area contributed by atoms with Gasteiger partial charge in [0.25, 0.3) is 5.91 Å². The van der Waals surface area contributed by atoms with Crippen molar-refractivity contribution in [1.82, 2.24) is 9.88 Å². The molecule has 3 aromatic rings. The first-order valence-corrected chi connectivity index (χ1v) is 12.2. The average molecular weight is 461 g/mol. The number of nitrogens with zero attached hydrogens (tertiary/aromatic N) is 1. The number of piperidine rings is 1. The van der Waals surface area contributed by atoms with Gasteiger partial charge in [0.1, 0.15) is 5.75 Å². The van der Waals surface area contributed by atoms with Crippen LogP contribution in [0.5, 0.6) is 5.75 Å². The van der Waals surface area contributed by atoms with Crippen LogP contribution in [0.25, 0.3) is 10.9 Å². The van der Waals surface area contributed by atoms with Gasteiger partial charge in [0.05, 0.1) is 12.7 Å². The standard InChI is InChI=1S/C27H32N4O3/c1-34-25-9-6-19(28)14-22(25)26(32)30-20-7-8-24-21(15-20)23(16-29-24)17-10-12-31(13-11-17)27(33)18-4-2-3-5-18/h6-9,14-18,29H,2-5,10-13,28H2,1H3,(H,30,32). The number of carbonyl (C=O) groups excluding carboxylic acids is 2. The lowest BCUT2D eigenvalue weighted by Crippen LogP contribution is -2.40. The fraction of sp³-hybridized carbons (Fsp3) is 0.407. The van der Waals surface area contributed by atoms with Crippen LogP contribution in [0.1, 0.15) is 60.4 Å². The number of anilines is 2. The van der Waals surface area contributed by atoms with Crippen LogP contribution in [-0.2, 0) is 4.79 Å². The largest absolute Gasteiger partial charge is 0.496 e. The third kappa shape index (κ3) is 4.34. The molecule has 34 heavy (non-hydrogen) atoms. The molecule has 4 N–H and O–H groups in total. The molecule has 178 valence electrons. The lowest BCUT2D eigenvalue weighted by molar-refractivity contribution is -0.136. The van der Waals surface area contributed by atoms with Crippen molar-refractivity contribution < 1.29 is 14.3 Å². The van der Waals surface area contributed by atoms with Crippen LogP contribution >= 0.6 is 0 Å². The Labute approximate surface area is 199 Å². The second kappa shape index (κ2) is 9.41. The smallest absolute Gasteiger partial charge is 0.259 e. The van der Waals surface area contributed by atoms with E-state index in [-0.39, 0.29) is 11.8 Å². The Kier molecular flexibility index (Phi) is 6.18. The van der Waals surface area contributed by atoms with Crippen molar-refractivity contribution in [2.75, 3.05) is 31.2 Å². The quantitative estimate of drug-likeness (QED) is 0.471. The fourth-order valence-electron chi connectivity index (χ4n) is 5.50.